The van der Waals surface area contributed by atoms with Gasteiger partial charge in [-0.25, -0.2) is 13.1 Å². The molecule has 0 fully saturated rings. The second kappa shape index (κ2) is 19.2. The molecule has 1 amide bonds. The van der Waals surface area contributed by atoms with Crippen molar-refractivity contribution in [3.8, 4) is 0 Å². The number of nitrogens with one attached hydrogen (secondary N) is 3. The Morgan fingerprint density at radius 2 is 1.49 bits per heavy atom. The second-order valence-electron chi connectivity index (χ2n) is 10.9. The van der Waals surface area contributed by atoms with Gasteiger partial charge in [0, 0.05) is 25.8 Å². The van der Waals surface area contributed by atoms with E-state index in [2.05, 4.69) is 15.4 Å². The van der Waals surface area contributed by atoms with Gasteiger partial charge in [-0.2, -0.15) is 0 Å². The summed E-state index contributed by atoms with van der Waals surface area (Å²) >= 11 is 0. The Morgan fingerprint density at radius 3 is 1.95 bits per heavy atom. The lowest BCUT2D eigenvalue weighted by molar-refractivity contribution is -0.139. The highest BCUT2D eigenvalue weighted by Gasteiger charge is 2.24. The van der Waals surface area contributed by atoms with E-state index >= 15 is 0 Å². The molecule has 12 nitrogen and oxygen atoms in total. The number of rotatable bonds is 20. The number of carbonyl (C=O) groups is 4. The Hall–Kier alpha value is -1.93. The highest BCUT2D eigenvalue weighted by atomic mass is 32.2. The van der Waals surface area contributed by atoms with Crippen molar-refractivity contribution in [2.24, 2.45) is 5.92 Å². The fourth-order valence-electron chi connectivity index (χ4n) is 3.58. The van der Waals surface area contributed by atoms with E-state index in [1.54, 1.807) is 20.9 Å². The minimum Gasteiger partial charge on any atom is -0.480 e. The zero-order valence-corrected chi connectivity index (χ0v) is 26.0. The normalized spacial score (nSPS) is 13.6. The summed E-state index contributed by atoms with van der Waals surface area (Å²) < 4.78 is 35.7. The fourth-order valence-corrected chi connectivity index (χ4v) is 4.61. The third-order valence-electron chi connectivity index (χ3n) is 5.55. The molecular weight excluding hydrogens is 530 g/mol. The van der Waals surface area contributed by atoms with Gasteiger partial charge in [-0.3, -0.25) is 14.4 Å². The maximum Gasteiger partial charge on any atom is 0.320 e. The topological polar surface area (TPSA) is 177 Å². The van der Waals surface area contributed by atoms with Crippen LogP contribution in [-0.2, 0) is 38.7 Å². The van der Waals surface area contributed by atoms with E-state index in [1.807, 2.05) is 27.7 Å². The van der Waals surface area contributed by atoms with Crippen LogP contribution in [0.2, 0.25) is 0 Å². The number of sulfonamides is 1. The molecule has 0 bridgehead atoms. The SMILES string of the molecule is CNC(CCC(=O)NCCOC(C)(C)CCOC(C)(C)CC(C)=O)C(=O)O.CNS(=O)(=O)CC(C)CC(C)=O. The van der Waals surface area contributed by atoms with E-state index in [-0.39, 0.29) is 42.0 Å². The van der Waals surface area contributed by atoms with Crippen molar-refractivity contribution in [2.45, 2.75) is 97.8 Å². The summed E-state index contributed by atoms with van der Waals surface area (Å²) in [7, 11) is -0.243. The standard InChI is InChI=1S/C19H36N2O6.C7H15NO3S/c1-14(22)13-19(4,5)26-11-9-18(2,3)27-12-10-21-16(23)8-7-15(20-6)17(24)25;1-6(4-7(2)9)5-12(10,11)8-3/h15,20H,7-13H2,1-6H3,(H,21,23)(H,24,25);6,8H,4-5H2,1-3H3. The minimum atomic E-state index is -3.17. The van der Waals surface area contributed by atoms with E-state index in [9.17, 15) is 27.6 Å². The van der Waals surface area contributed by atoms with Gasteiger partial charge in [0.1, 0.15) is 17.6 Å². The lowest BCUT2D eigenvalue weighted by Gasteiger charge is -2.29. The van der Waals surface area contributed by atoms with E-state index in [4.69, 9.17) is 14.6 Å². The zero-order valence-electron chi connectivity index (χ0n) is 25.1. The number of amides is 1. The first kappa shape index (κ1) is 39.2. The lowest BCUT2D eigenvalue weighted by Crippen LogP contribution is -2.37. The predicted octanol–water partition coefficient (Wildman–Crippen LogP) is 1.67. The molecular formula is C26H51N3O9S. The number of carboxylic acid groups (broad SMARTS) is 1. The van der Waals surface area contributed by atoms with Gasteiger partial charge >= 0.3 is 5.97 Å². The highest BCUT2D eigenvalue weighted by Crippen LogP contribution is 2.19. The Labute approximate surface area is 234 Å². The van der Waals surface area contributed by atoms with Gasteiger partial charge in [-0.05, 0) is 74.4 Å². The van der Waals surface area contributed by atoms with Gasteiger partial charge in [0.2, 0.25) is 15.9 Å². The monoisotopic (exact) mass is 581 g/mol. The van der Waals surface area contributed by atoms with Crippen LogP contribution in [0.5, 0.6) is 0 Å². The number of likely N-dealkylation sites (N-methyl/N-ethyl adjacent to an activating group) is 1. The Kier molecular flexibility index (Phi) is 19.3. The second-order valence-corrected chi connectivity index (χ2v) is 12.9. The molecule has 0 aliphatic carbocycles. The van der Waals surface area contributed by atoms with E-state index in [0.717, 1.165) is 0 Å². The minimum absolute atomic E-state index is 0.0169. The molecule has 0 heterocycles. The molecule has 0 aromatic rings. The van der Waals surface area contributed by atoms with Crippen LogP contribution in [0.4, 0.5) is 0 Å². The lowest BCUT2D eigenvalue weighted by atomic mass is 10.0. The molecule has 0 aromatic carbocycles. The van der Waals surface area contributed by atoms with Crippen molar-refractivity contribution in [3.63, 3.8) is 0 Å². The van der Waals surface area contributed by atoms with Crippen LogP contribution in [0.15, 0.2) is 0 Å². The first-order valence-corrected chi connectivity index (χ1v) is 14.8. The fraction of sp³-hybridized carbons (Fsp3) is 0.846. The summed E-state index contributed by atoms with van der Waals surface area (Å²) in [5, 5.41) is 14.3. The van der Waals surface area contributed by atoms with E-state index in [1.165, 1.54) is 14.0 Å². The van der Waals surface area contributed by atoms with Crippen LogP contribution in [-0.4, -0.2) is 93.8 Å². The molecule has 0 radical (unpaired) electrons. The van der Waals surface area contributed by atoms with Gasteiger partial charge in [0.25, 0.3) is 0 Å². The first-order chi connectivity index (χ1) is 17.8. The van der Waals surface area contributed by atoms with Crippen molar-refractivity contribution in [2.75, 3.05) is 39.6 Å². The maximum atomic E-state index is 11.7. The zero-order chi connectivity index (χ0) is 30.9. The van der Waals surface area contributed by atoms with Crippen molar-refractivity contribution >= 4 is 33.5 Å². The largest absolute Gasteiger partial charge is 0.480 e. The average Bonchev–Trinajstić information content (AvgIpc) is 2.75. The number of hydrogen-bond donors (Lipinski definition) is 4. The Bertz CT molecular complexity index is 874. The maximum absolute atomic E-state index is 11.7. The summed E-state index contributed by atoms with van der Waals surface area (Å²) in [6.45, 7) is 13.6. The number of aliphatic carboxylic acids is 1. The molecule has 0 aromatic heterocycles. The molecule has 0 aliphatic rings. The number of ether oxygens (including phenoxy) is 2. The van der Waals surface area contributed by atoms with Crippen LogP contribution in [0, 0.1) is 5.92 Å². The molecule has 0 saturated heterocycles. The molecule has 4 N–H and O–H groups in total. The van der Waals surface area contributed by atoms with Crippen LogP contribution in [0.25, 0.3) is 0 Å². The van der Waals surface area contributed by atoms with Crippen LogP contribution >= 0.6 is 0 Å². The van der Waals surface area contributed by atoms with Crippen molar-refractivity contribution in [1.82, 2.24) is 15.4 Å². The molecule has 0 rings (SSSR count). The van der Waals surface area contributed by atoms with Gasteiger partial charge in [-0.1, -0.05) is 6.92 Å². The van der Waals surface area contributed by atoms with Crippen molar-refractivity contribution in [3.05, 3.63) is 0 Å². The van der Waals surface area contributed by atoms with E-state index in [0.29, 0.717) is 39.0 Å². The van der Waals surface area contributed by atoms with Crippen LogP contribution < -0.4 is 15.4 Å². The molecule has 2 unspecified atom stereocenters. The van der Waals surface area contributed by atoms with Gasteiger partial charge in [0.15, 0.2) is 0 Å². The number of Topliss-reactive ketones (excluding diaryl/α,β-unsaturated/α-hetero) is 2. The van der Waals surface area contributed by atoms with Gasteiger partial charge in [-0.15, -0.1) is 0 Å². The molecule has 39 heavy (non-hydrogen) atoms. The van der Waals surface area contributed by atoms with Crippen molar-refractivity contribution < 1.29 is 42.2 Å². The van der Waals surface area contributed by atoms with Gasteiger partial charge < -0.3 is 30.0 Å². The van der Waals surface area contributed by atoms with E-state index < -0.39 is 33.2 Å². The predicted molar refractivity (Wildman–Crippen MR) is 150 cm³/mol. The van der Waals surface area contributed by atoms with Gasteiger partial charge in [0.05, 0.1) is 30.2 Å². The molecule has 13 heteroatoms. The average molecular weight is 582 g/mol. The summed E-state index contributed by atoms with van der Waals surface area (Å²) in [5.41, 5.74) is -0.908. The number of hydrogen-bond acceptors (Lipinski definition) is 9. The summed E-state index contributed by atoms with van der Waals surface area (Å²) in [4.78, 5) is 44.4. The summed E-state index contributed by atoms with van der Waals surface area (Å²) in [6, 6.07) is -0.724. The summed E-state index contributed by atoms with van der Waals surface area (Å²) in [6.07, 6.45) is 1.72. The molecule has 2 atom stereocenters. The first-order valence-electron chi connectivity index (χ1n) is 13.1. The highest BCUT2D eigenvalue weighted by molar-refractivity contribution is 7.89. The Balaban J connectivity index is 0. The molecule has 0 aliphatic heterocycles. The number of carbonyl (C=O) groups excluding carboxylic acids is 3. The summed E-state index contributed by atoms with van der Waals surface area (Å²) in [5.74, 6) is -1.15. The molecule has 0 spiro atoms. The van der Waals surface area contributed by atoms with Crippen LogP contribution in [0.1, 0.15) is 80.6 Å². The van der Waals surface area contributed by atoms with Crippen molar-refractivity contribution in [1.29, 1.82) is 0 Å². The quantitative estimate of drug-likeness (QED) is 0.155. The smallest absolute Gasteiger partial charge is 0.320 e. The third kappa shape index (κ3) is 23.7. The van der Waals surface area contributed by atoms with Crippen LogP contribution in [0.3, 0.4) is 0 Å². The number of ketones is 2. The number of carboxylic acids is 1. The Morgan fingerprint density at radius 1 is 0.923 bits per heavy atom. The molecule has 230 valence electrons. The third-order valence-corrected chi connectivity index (χ3v) is 7.18. The molecule has 0 saturated carbocycles.